The molecule has 1 aliphatic heterocycles. The van der Waals surface area contributed by atoms with Crippen LogP contribution in [0.2, 0.25) is 0 Å². The zero-order valence-corrected chi connectivity index (χ0v) is 21.6. The van der Waals surface area contributed by atoms with Crippen molar-refractivity contribution < 1.29 is 24.5 Å². The highest BCUT2D eigenvalue weighted by molar-refractivity contribution is 7.18. The van der Waals surface area contributed by atoms with Crippen molar-refractivity contribution in [2.45, 2.75) is 32.3 Å². The van der Waals surface area contributed by atoms with Gasteiger partial charge in [0.1, 0.15) is 24.2 Å². The number of carboxylic acid groups (broad SMARTS) is 1. The maximum atomic E-state index is 10.7. The van der Waals surface area contributed by atoms with E-state index in [-0.39, 0.29) is 13.0 Å². The number of piperazine rings is 1. The van der Waals surface area contributed by atoms with Gasteiger partial charge in [-0.2, -0.15) is 0 Å². The van der Waals surface area contributed by atoms with Crippen molar-refractivity contribution >= 4 is 27.5 Å². The summed E-state index contributed by atoms with van der Waals surface area (Å²) in [5.41, 5.74) is 1.72. The lowest BCUT2D eigenvalue weighted by Gasteiger charge is -2.35. The third kappa shape index (κ3) is 8.16. The lowest BCUT2D eigenvalue weighted by Crippen LogP contribution is -2.49. The number of aliphatic hydroxyl groups is 1. The molecule has 1 aromatic heterocycles. The van der Waals surface area contributed by atoms with Gasteiger partial charge in [-0.1, -0.05) is 12.1 Å². The molecule has 1 saturated heterocycles. The fourth-order valence-corrected chi connectivity index (χ4v) is 5.16. The van der Waals surface area contributed by atoms with E-state index in [1.807, 2.05) is 37.3 Å². The van der Waals surface area contributed by atoms with Crippen molar-refractivity contribution in [3.05, 3.63) is 53.0 Å². The Hall–Kier alpha value is -2.72. The van der Waals surface area contributed by atoms with Gasteiger partial charge in [-0.25, -0.2) is 4.98 Å². The molecule has 0 unspecified atom stereocenters. The van der Waals surface area contributed by atoms with Crippen LogP contribution in [-0.4, -0.2) is 89.6 Å². The van der Waals surface area contributed by atoms with Crippen LogP contribution in [0.3, 0.4) is 0 Å². The largest absolute Gasteiger partial charge is 0.494 e. The predicted molar refractivity (Wildman–Crippen MR) is 141 cm³/mol. The Morgan fingerprint density at radius 3 is 2.50 bits per heavy atom. The summed E-state index contributed by atoms with van der Waals surface area (Å²) >= 11 is 1.67. The molecule has 3 aromatic rings. The number of carbonyl (C=O) groups is 1. The molecule has 2 aromatic carbocycles. The highest BCUT2D eigenvalue weighted by Gasteiger charge is 2.19. The van der Waals surface area contributed by atoms with E-state index in [9.17, 15) is 9.90 Å². The summed E-state index contributed by atoms with van der Waals surface area (Å²) in [6.07, 6.45) is 1.54. The maximum Gasteiger partial charge on any atom is 0.307 e. The number of hydrogen-bond acceptors (Lipinski definition) is 8. The minimum absolute atomic E-state index is 0.0322. The molecule has 1 aliphatic rings. The smallest absolute Gasteiger partial charge is 0.307 e. The van der Waals surface area contributed by atoms with Gasteiger partial charge in [-0.3, -0.25) is 9.69 Å². The topological polar surface area (TPSA) is 95.4 Å². The van der Waals surface area contributed by atoms with Gasteiger partial charge in [0.25, 0.3) is 0 Å². The van der Waals surface area contributed by atoms with Crippen LogP contribution in [0.4, 0.5) is 0 Å². The molecule has 36 heavy (non-hydrogen) atoms. The Bertz CT molecular complexity index is 1110. The highest BCUT2D eigenvalue weighted by Crippen LogP contribution is 2.25. The van der Waals surface area contributed by atoms with E-state index in [1.165, 1.54) is 0 Å². The normalized spacial score (nSPS) is 15.7. The second-order valence-corrected chi connectivity index (χ2v) is 10.5. The molecule has 2 heterocycles. The molecule has 9 heteroatoms. The average Bonchev–Trinajstić information content (AvgIpc) is 3.23. The fraction of sp³-hybridized carbons (Fsp3) is 0.481. The summed E-state index contributed by atoms with van der Waals surface area (Å²) in [6, 6.07) is 13.2. The summed E-state index contributed by atoms with van der Waals surface area (Å²) in [5.74, 6) is 0.695. The van der Waals surface area contributed by atoms with E-state index in [0.29, 0.717) is 13.2 Å². The number of rotatable bonds is 13. The van der Waals surface area contributed by atoms with Crippen molar-refractivity contribution in [2.24, 2.45) is 0 Å². The van der Waals surface area contributed by atoms with E-state index in [1.54, 1.807) is 23.5 Å². The molecule has 0 amide bonds. The zero-order chi connectivity index (χ0) is 25.3. The number of benzene rings is 2. The summed E-state index contributed by atoms with van der Waals surface area (Å²) in [4.78, 5) is 20.0. The number of fused-ring (bicyclic) bond motifs is 1. The summed E-state index contributed by atoms with van der Waals surface area (Å²) in [7, 11) is 0. The van der Waals surface area contributed by atoms with Crippen LogP contribution in [0.1, 0.15) is 23.4 Å². The van der Waals surface area contributed by atoms with Crippen molar-refractivity contribution in [1.29, 1.82) is 0 Å². The minimum atomic E-state index is -0.828. The second-order valence-electron chi connectivity index (χ2n) is 9.24. The van der Waals surface area contributed by atoms with Crippen LogP contribution >= 0.6 is 11.3 Å². The molecule has 0 saturated carbocycles. The molecule has 194 valence electrons. The lowest BCUT2D eigenvalue weighted by atomic mass is 10.1. The van der Waals surface area contributed by atoms with Gasteiger partial charge in [-0.15, -0.1) is 11.3 Å². The molecule has 2 N–H and O–H groups in total. The van der Waals surface area contributed by atoms with Crippen LogP contribution in [0.15, 0.2) is 42.5 Å². The maximum absolute atomic E-state index is 10.7. The molecule has 0 spiro atoms. The summed E-state index contributed by atoms with van der Waals surface area (Å²) in [6.45, 7) is 8.47. The van der Waals surface area contributed by atoms with Crippen LogP contribution in [-0.2, 0) is 11.2 Å². The number of carboxylic acids is 1. The monoisotopic (exact) mass is 513 g/mol. The number of aryl methyl sites for hydroxylation is 1. The molecular weight excluding hydrogens is 478 g/mol. The van der Waals surface area contributed by atoms with Gasteiger partial charge >= 0.3 is 5.97 Å². The van der Waals surface area contributed by atoms with Gasteiger partial charge in [0.15, 0.2) is 0 Å². The fourth-order valence-electron chi connectivity index (χ4n) is 4.36. The first-order valence-electron chi connectivity index (χ1n) is 12.5. The van der Waals surface area contributed by atoms with Crippen LogP contribution in [0, 0.1) is 6.92 Å². The van der Waals surface area contributed by atoms with Crippen LogP contribution in [0.25, 0.3) is 10.2 Å². The quantitative estimate of drug-likeness (QED) is 0.336. The Labute approximate surface area is 216 Å². The molecule has 0 aliphatic carbocycles. The van der Waals surface area contributed by atoms with Crippen molar-refractivity contribution in [3.8, 4) is 11.5 Å². The Morgan fingerprint density at radius 1 is 1.03 bits per heavy atom. The second kappa shape index (κ2) is 13.0. The SMILES string of the molecule is Cc1nc2cc(OC[C@H](O)CN3CCN(CCCCOc4ccc(CC(=O)O)cc4)CC3)ccc2s1. The third-order valence-electron chi connectivity index (χ3n) is 6.26. The van der Waals surface area contributed by atoms with E-state index >= 15 is 0 Å². The van der Waals surface area contributed by atoms with Crippen LogP contribution < -0.4 is 9.47 Å². The molecule has 8 nitrogen and oxygen atoms in total. The molecular formula is C27H35N3O5S. The number of β-amino-alcohol motifs (C(OH)–C–C–N with tert-alkyl or cyclic N) is 1. The first kappa shape index (κ1) is 26.3. The number of aromatic nitrogens is 1. The van der Waals surface area contributed by atoms with Crippen LogP contribution in [0.5, 0.6) is 11.5 Å². The van der Waals surface area contributed by atoms with Crippen molar-refractivity contribution in [3.63, 3.8) is 0 Å². The first-order chi connectivity index (χ1) is 17.4. The average molecular weight is 514 g/mol. The summed E-state index contributed by atoms with van der Waals surface area (Å²) < 4.78 is 12.7. The number of aliphatic carboxylic acids is 1. The van der Waals surface area contributed by atoms with E-state index in [4.69, 9.17) is 14.6 Å². The molecule has 0 radical (unpaired) electrons. The number of ether oxygens (including phenoxy) is 2. The Balaban J connectivity index is 1.06. The van der Waals surface area contributed by atoms with Gasteiger partial charge < -0.3 is 24.6 Å². The molecule has 4 rings (SSSR count). The zero-order valence-electron chi connectivity index (χ0n) is 20.8. The summed E-state index contributed by atoms with van der Waals surface area (Å²) in [5, 5.41) is 20.3. The van der Waals surface area contributed by atoms with E-state index < -0.39 is 12.1 Å². The van der Waals surface area contributed by atoms with E-state index in [0.717, 1.165) is 77.9 Å². The number of hydrogen-bond donors (Lipinski definition) is 2. The number of aliphatic hydroxyl groups excluding tert-OH is 1. The third-order valence-corrected chi connectivity index (χ3v) is 7.21. The van der Waals surface area contributed by atoms with Crippen molar-refractivity contribution in [2.75, 3.05) is 52.5 Å². The molecule has 1 atom stereocenters. The molecule has 1 fully saturated rings. The lowest BCUT2D eigenvalue weighted by molar-refractivity contribution is -0.136. The van der Waals surface area contributed by atoms with Crippen molar-refractivity contribution in [1.82, 2.24) is 14.8 Å². The number of nitrogens with zero attached hydrogens (tertiary/aromatic N) is 3. The minimum Gasteiger partial charge on any atom is -0.494 e. The standard InChI is InChI=1S/C27H35N3O5S/c1-20-28-25-17-24(8-9-26(25)36-20)35-19-22(31)18-30-13-11-29(12-14-30)10-2-3-15-34-23-6-4-21(5-7-23)16-27(32)33/h4-9,17,22,31H,2-3,10-16,18-19H2,1H3,(H,32,33)/t22-/m1/s1. The Morgan fingerprint density at radius 2 is 1.75 bits per heavy atom. The molecule has 0 bridgehead atoms. The number of unbranched alkanes of at least 4 members (excludes halogenated alkanes) is 1. The van der Waals surface area contributed by atoms with Gasteiger partial charge in [-0.05, 0) is 56.1 Å². The predicted octanol–water partition coefficient (Wildman–Crippen LogP) is 3.45. The highest BCUT2D eigenvalue weighted by atomic mass is 32.1. The van der Waals surface area contributed by atoms with E-state index in [2.05, 4.69) is 14.8 Å². The van der Waals surface area contributed by atoms with Gasteiger partial charge in [0.05, 0.1) is 28.3 Å². The van der Waals surface area contributed by atoms with Gasteiger partial charge in [0, 0.05) is 38.8 Å². The first-order valence-corrected chi connectivity index (χ1v) is 13.3. The van der Waals surface area contributed by atoms with Gasteiger partial charge in [0.2, 0.25) is 0 Å². The number of thiazole rings is 1. The Kier molecular flexibility index (Phi) is 9.52.